The van der Waals surface area contributed by atoms with E-state index in [4.69, 9.17) is 0 Å². The summed E-state index contributed by atoms with van der Waals surface area (Å²) in [7, 11) is 0. The Bertz CT molecular complexity index is 397. The summed E-state index contributed by atoms with van der Waals surface area (Å²) in [6.07, 6.45) is 1.78. The molecule has 0 saturated carbocycles. The average molecular weight is 205 g/mol. The number of rotatable bonds is 3. The lowest BCUT2D eigenvalue weighted by Gasteiger charge is -2.02. The molecule has 3 nitrogen and oxygen atoms in total. The molecule has 0 saturated heterocycles. The lowest BCUT2D eigenvalue weighted by molar-refractivity contribution is 1.10. The summed E-state index contributed by atoms with van der Waals surface area (Å²) in [5.41, 5.74) is 2.96. The molecule has 4 heteroatoms. The molecule has 0 atom stereocenters. The Morgan fingerprint density at radius 2 is 2.29 bits per heavy atom. The van der Waals surface area contributed by atoms with E-state index in [1.54, 1.807) is 17.5 Å². The monoisotopic (exact) mass is 205 g/mol. The van der Waals surface area contributed by atoms with Crippen molar-refractivity contribution in [2.45, 2.75) is 13.5 Å². The number of aryl methyl sites for hydroxylation is 1. The Balaban J connectivity index is 1.99. The van der Waals surface area contributed by atoms with Gasteiger partial charge in [0.1, 0.15) is 5.82 Å². The van der Waals surface area contributed by atoms with Crippen molar-refractivity contribution in [1.82, 2.24) is 9.97 Å². The lowest BCUT2D eigenvalue weighted by atomic mass is 10.4. The minimum Gasteiger partial charge on any atom is -0.365 e. The number of pyridine rings is 1. The molecule has 0 unspecified atom stereocenters. The van der Waals surface area contributed by atoms with Gasteiger partial charge in [0.25, 0.3) is 0 Å². The number of thiazole rings is 1. The second kappa shape index (κ2) is 4.19. The number of hydrogen-bond acceptors (Lipinski definition) is 4. The SMILES string of the molecule is Cc1ncsc1CNc1ccccn1. The van der Waals surface area contributed by atoms with Crippen LogP contribution in [0.4, 0.5) is 5.82 Å². The highest BCUT2D eigenvalue weighted by atomic mass is 32.1. The number of aromatic nitrogens is 2. The topological polar surface area (TPSA) is 37.8 Å². The molecular formula is C10H11N3S. The van der Waals surface area contributed by atoms with Gasteiger partial charge in [-0.3, -0.25) is 0 Å². The lowest BCUT2D eigenvalue weighted by Crippen LogP contribution is -2.00. The molecule has 2 aromatic rings. The van der Waals surface area contributed by atoms with Gasteiger partial charge in [-0.2, -0.15) is 0 Å². The van der Waals surface area contributed by atoms with E-state index in [0.717, 1.165) is 18.1 Å². The van der Waals surface area contributed by atoms with Crippen molar-refractivity contribution in [3.8, 4) is 0 Å². The van der Waals surface area contributed by atoms with Gasteiger partial charge in [-0.1, -0.05) is 6.07 Å². The van der Waals surface area contributed by atoms with Gasteiger partial charge < -0.3 is 5.32 Å². The zero-order chi connectivity index (χ0) is 9.80. The molecule has 2 heterocycles. The highest BCUT2D eigenvalue weighted by molar-refractivity contribution is 7.09. The maximum atomic E-state index is 4.19. The van der Waals surface area contributed by atoms with Crippen LogP contribution >= 0.6 is 11.3 Å². The van der Waals surface area contributed by atoms with Gasteiger partial charge in [0.2, 0.25) is 0 Å². The summed E-state index contributed by atoms with van der Waals surface area (Å²) < 4.78 is 0. The Morgan fingerprint density at radius 3 is 2.93 bits per heavy atom. The first-order chi connectivity index (χ1) is 6.86. The molecule has 0 radical (unpaired) electrons. The van der Waals surface area contributed by atoms with Crippen LogP contribution in [0.25, 0.3) is 0 Å². The number of nitrogens with one attached hydrogen (secondary N) is 1. The van der Waals surface area contributed by atoms with Crippen molar-refractivity contribution in [3.63, 3.8) is 0 Å². The fourth-order valence-electron chi connectivity index (χ4n) is 1.13. The molecule has 0 aliphatic carbocycles. The van der Waals surface area contributed by atoms with E-state index in [-0.39, 0.29) is 0 Å². The Kier molecular flexibility index (Phi) is 2.74. The number of hydrogen-bond donors (Lipinski definition) is 1. The maximum absolute atomic E-state index is 4.19. The van der Waals surface area contributed by atoms with E-state index in [0.29, 0.717) is 0 Å². The predicted octanol–water partition coefficient (Wildman–Crippen LogP) is 2.46. The molecule has 2 aromatic heterocycles. The molecule has 0 fully saturated rings. The van der Waals surface area contributed by atoms with Gasteiger partial charge in [-0.05, 0) is 19.1 Å². The van der Waals surface area contributed by atoms with Crippen LogP contribution in [0.15, 0.2) is 29.9 Å². The normalized spacial score (nSPS) is 10.1. The van der Waals surface area contributed by atoms with Gasteiger partial charge in [0.15, 0.2) is 0 Å². The van der Waals surface area contributed by atoms with E-state index in [2.05, 4.69) is 15.3 Å². The number of anilines is 1. The van der Waals surface area contributed by atoms with E-state index >= 15 is 0 Å². The molecule has 14 heavy (non-hydrogen) atoms. The fraction of sp³-hybridized carbons (Fsp3) is 0.200. The van der Waals surface area contributed by atoms with Crippen molar-refractivity contribution in [3.05, 3.63) is 40.5 Å². The molecule has 72 valence electrons. The summed E-state index contributed by atoms with van der Waals surface area (Å²) >= 11 is 1.67. The van der Waals surface area contributed by atoms with Crippen LogP contribution in [0.1, 0.15) is 10.6 Å². The van der Waals surface area contributed by atoms with Crippen LogP contribution in [-0.4, -0.2) is 9.97 Å². The van der Waals surface area contributed by atoms with Crippen LogP contribution in [0.3, 0.4) is 0 Å². The van der Waals surface area contributed by atoms with E-state index in [9.17, 15) is 0 Å². The first-order valence-corrected chi connectivity index (χ1v) is 5.28. The zero-order valence-corrected chi connectivity index (χ0v) is 8.71. The zero-order valence-electron chi connectivity index (χ0n) is 7.90. The molecule has 0 aliphatic heterocycles. The molecule has 0 aromatic carbocycles. The molecular weight excluding hydrogens is 194 g/mol. The summed E-state index contributed by atoms with van der Waals surface area (Å²) in [4.78, 5) is 9.63. The van der Waals surface area contributed by atoms with Crippen molar-refractivity contribution < 1.29 is 0 Å². The summed E-state index contributed by atoms with van der Waals surface area (Å²) in [6.45, 7) is 2.82. The number of nitrogens with zero attached hydrogens (tertiary/aromatic N) is 2. The molecule has 1 N–H and O–H groups in total. The van der Waals surface area contributed by atoms with Crippen molar-refractivity contribution >= 4 is 17.2 Å². The van der Waals surface area contributed by atoms with Crippen LogP contribution in [0.5, 0.6) is 0 Å². The average Bonchev–Trinajstić information content (AvgIpc) is 2.63. The second-order valence-corrected chi connectivity index (χ2v) is 3.87. The van der Waals surface area contributed by atoms with E-state index < -0.39 is 0 Å². The minimum absolute atomic E-state index is 0.799. The van der Waals surface area contributed by atoms with Gasteiger partial charge in [0, 0.05) is 11.1 Å². The highest BCUT2D eigenvalue weighted by Crippen LogP contribution is 2.13. The van der Waals surface area contributed by atoms with Crippen LogP contribution < -0.4 is 5.32 Å². The molecule has 2 rings (SSSR count). The smallest absolute Gasteiger partial charge is 0.126 e. The standard InChI is InChI=1S/C10H11N3S/c1-8-9(14-7-13-8)6-12-10-4-2-3-5-11-10/h2-5,7H,6H2,1H3,(H,11,12). The third-order valence-electron chi connectivity index (χ3n) is 1.94. The van der Waals surface area contributed by atoms with Crippen molar-refractivity contribution in [2.75, 3.05) is 5.32 Å². The van der Waals surface area contributed by atoms with E-state index in [1.165, 1.54) is 4.88 Å². The Morgan fingerprint density at radius 1 is 1.36 bits per heavy atom. The summed E-state index contributed by atoms with van der Waals surface area (Å²) in [5, 5.41) is 3.25. The van der Waals surface area contributed by atoms with Gasteiger partial charge in [0.05, 0.1) is 17.7 Å². The second-order valence-electron chi connectivity index (χ2n) is 2.93. The van der Waals surface area contributed by atoms with Crippen LogP contribution in [0, 0.1) is 6.92 Å². The quantitative estimate of drug-likeness (QED) is 0.836. The van der Waals surface area contributed by atoms with Crippen LogP contribution in [0.2, 0.25) is 0 Å². The first-order valence-electron chi connectivity index (χ1n) is 4.40. The summed E-state index contributed by atoms with van der Waals surface area (Å²) in [6, 6.07) is 5.83. The third-order valence-corrected chi connectivity index (χ3v) is 2.87. The minimum atomic E-state index is 0.799. The van der Waals surface area contributed by atoms with Crippen molar-refractivity contribution in [1.29, 1.82) is 0 Å². The maximum Gasteiger partial charge on any atom is 0.126 e. The molecule has 0 aliphatic rings. The van der Waals surface area contributed by atoms with Crippen LogP contribution in [-0.2, 0) is 6.54 Å². The fourth-order valence-corrected chi connectivity index (χ4v) is 1.85. The summed E-state index contributed by atoms with van der Waals surface area (Å²) in [5.74, 6) is 0.903. The van der Waals surface area contributed by atoms with Crippen molar-refractivity contribution in [2.24, 2.45) is 0 Å². The molecule has 0 bridgehead atoms. The van der Waals surface area contributed by atoms with E-state index in [1.807, 2.05) is 30.6 Å². The Hall–Kier alpha value is -1.42. The van der Waals surface area contributed by atoms with Gasteiger partial charge in [-0.15, -0.1) is 11.3 Å². The van der Waals surface area contributed by atoms with Gasteiger partial charge in [-0.25, -0.2) is 9.97 Å². The van der Waals surface area contributed by atoms with Gasteiger partial charge >= 0.3 is 0 Å². The molecule has 0 spiro atoms. The first kappa shape index (κ1) is 9.15. The third kappa shape index (κ3) is 2.09. The molecule has 0 amide bonds. The predicted molar refractivity (Wildman–Crippen MR) is 58.4 cm³/mol. The Labute approximate surface area is 86.8 Å². The largest absolute Gasteiger partial charge is 0.365 e. The highest BCUT2D eigenvalue weighted by Gasteiger charge is 2.00.